The van der Waals surface area contributed by atoms with Crippen molar-refractivity contribution in [3.63, 3.8) is 0 Å². The molecule has 4 rings (SSSR count). The molecule has 4 aromatic rings. The molecular formula is C24H19BrFN3O2. The van der Waals surface area contributed by atoms with Gasteiger partial charge in [0.05, 0.1) is 11.0 Å². The van der Waals surface area contributed by atoms with Crippen LogP contribution in [0.25, 0.3) is 0 Å². The van der Waals surface area contributed by atoms with Crippen LogP contribution < -0.4 is 10.1 Å². The molecule has 0 aliphatic rings. The minimum atomic E-state index is -0.275. The third-order valence-corrected chi connectivity index (χ3v) is 5.24. The van der Waals surface area contributed by atoms with Crippen molar-refractivity contribution in [2.45, 2.75) is 13.2 Å². The summed E-state index contributed by atoms with van der Waals surface area (Å²) in [6.07, 6.45) is 1.77. The van der Waals surface area contributed by atoms with Crippen molar-refractivity contribution < 1.29 is 13.9 Å². The molecule has 3 aromatic carbocycles. The van der Waals surface area contributed by atoms with E-state index < -0.39 is 0 Å². The number of nitrogens with zero attached hydrogens (tertiary/aromatic N) is 2. The Bertz CT molecular complexity index is 1170. The van der Waals surface area contributed by atoms with Gasteiger partial charge in [0.2, 0.25) is 0 Å². The Balaban J connectivity index is 1.33. The van der Waals surface area contributed by atoms with Gasteiger partial charge in [-0.25, -0.2) is 4.39 Å². The molecule has 0 radical (unpaired) electrons. The number of benzene rings is 3. The summed E-state index contributed by atoms with van der Waals surface area (Å²) in [6.45, 7) is 0.890. The Labute approximate surface area is 187 Å². The predicted molar refractivity (Wildman–Crippen MR) is 121 cm³/mol. The van der Waals surface area contributed by atoms with Gasteiger partial charge in [-0.05, 0) is 63.5 Å². The fraction of sp³-hybridized carbons (Fsp3) is 0.0833. The van der Waals surface area contributed by atoms with Gasteiger partial charge in [-0.3, -0.25) is 9.48 Å². The molecule has 0 aliphatic carbocycles. The summed E-state index contributed by atoms with van der Waals surface area (Å²) < 4.78 is 21.4. The van der Waals surface area contributed by atoms with Crippen LogP contribution >= 0.6 is 15.9 Å². The molecule has 0 fully saturated rings. The van der Waals surface area contributed by atoms with Crippen molar-refractivity contribution in [3.05, 3.63) is 112 Å². The van der Waals surface area contributed by atoms with Gasteiger partial charge in [0, 0.05) is 17.8 Å². The monoisotopic (exact) mass is 479 g/mol. The molecule has 7 heteroatoms. The second-order valence-electron chi connectivity index (χ2n) is 6.90. The van der Waals surface area contributed by atoms with Crippen molar-refractivity contribution in [1.29, 1.82) is 0 Å². The second kappa shape index (κ2) is 9.57. The van der Waals surface area contributed by atoms with Crippen LogP contribution in [0.2, 0.25) is 0 Å². The Morgan fingerprint density at radius 2 is 1.68 bits per heavy atom. The molecule has 1 heterocycles. The van der Waals surface area contributed by atoms with E-state index in [0.29, 0.717) is 24.5 Å². The molecule has 31 heavy (non-hydrogen) atoms. The van der Waals surface area contributed by atoms with Gasteiger partial charge >= 0.3 is 0 Å². The molecule has 1 N–H and O–H groups in total. The zero-order valence-electron chi connectivity index (χ0n) is 16.5. The standard InChI is InChI=1S/C24H19BrFN3O2/c25-21-3-1-2-4-22(21)31-16-18-5-9-19(10-6-18)24(30)27-23-13-14-29(28-23)15-17-7-11-20(26)12-8-17/h1-14H,15-16H2,(H,27,28,30). The average molecular weight is 480 g/mol. The number of carbonyl (C=O) groups excluding carboxylic acids is 1. The molecule has 0 atom stereocenters. The van der Waals surface area contributed by atoms with Crippen molar-refractivity contribution in [3.8, 4) is 5.75 Å². The maximum atomic E-state index is 13.0. The topological polar surface area (TPSA) is 56.2 Å². The van der Waals surface area contributed by atoms with Crippen LogP contribution in [0.15, 0.2) is 89.5 Å². The van der Waals surface area contributed by atoms with E-state index in [1.54, 1.807) is 41.2 Å². The molecule has 0 aliphatic heterocycles. The Morgan fingerprint density at radius 3 is 2.42 bits per heavy atom. The molecule has 0 unspecified atom stereocenters. The predicted octanol–water partition coefficient (Wildman–Crippen LogP) is 5.66. The van der Waals surface area contributed by atoms with Crippen molar-refractivity contribution >= 4 is 27.7 Å². The van der Waals surface area contributed by atoms with E-state index in [9.17, 15) is 9.18 Å². The number of hydrogen-bond donors (Lipinski definition) is 1. The normalized spacial score (nSPS) is 10.6. The molecule has 0 spiro atoms. The van der Waals surface area contributed by atoms with Crippen molar-refractivity contribution in [1.82, 2.24) is 9.78 Å². The van der Waals surface area contributed by atoms with Gasteiger partial charge in [0.25, 0.3) is 5.91 Å². The minimum absolute atomic E-state index is 0.245. The van der Waals surface area contributed by atoms with Crippen LogP contribution in [0.1, 0.15) is 21.5 Å². The van der Waals surface area contributed by atoms with Crippen molar-refractivity contribution in [2.24, 2.45) is 0 Å². The first-order valence-electron chi connectivity index (χ1n) is 9.62. The van der Waals surface area contributed by atoms with Gasteiger partial charge in [-0.1, -0.05) is 36.4 Å². The molecule has 1 amide bonds. The highest BCUT2D eigenvalue weighted by atomic mass is 79.9. The van der Waals surface area contributed by atoms with E-state index in [1.165, 1.54) is 12.1 Å². The van der Waals surface area contributed by atoms with Gasteiger partial charge < -0.3 is 10.1 Å². The van der Waals surface area contributed by atoms with E-state index in [2.05, 4.69) is 26.3 Å². The third-order valence-electron chi connectivity index (χ3n) is 4.59. The number of para-hydroxylation sites is 1. The summed E-state index contributed by atoms with van der Waals surface area (Å²) in [7, 11) is 0. The van der Waals surface area contributed by atoms with Crippen LogP contribution in [0.5, 0.6) is 5.75 Å². The lowest BCUT2D eigenvalue weighted by Gasteiger charge is -2.08. The Kier molecular flexibility index (Phi) is 6.43. The smallest absolute Gasteiger partial charge is 0.256 e. The Hall–Kier alpha value is -3.45. The summed E-state index contributed by atoms with van der Waals surface area (Å²) in [6, 6.07) is 22.8. The van der Waals surface area contributed by atoms with E-state index in [4.69, 9.17) is 4.74 Å². The van der Waals surface area contributed by atoms with Gasteiger partial charge in [-0.2, -0.15) is 5.10 Å². The minimum Gasteiger partial charge on any atom is -0.488 e. The Morgan fingerprint density at radius 1 is 0.968 bits per heavy atom. The molecule has 0 saturated heterocycles. The van der Waals surface area contributed by atoms with Crippen LogP contribution in [0.3, 0.4) is 0 Å². The lowest BCUT2D eigenvalue weighted by molar-refractivity contribution is 0.102. The highest BCUT2D eigenvalue weighted by molar-refractivity contribution is 9.10. The summed E-state index contributed by atoms with van der Waals surface area (Å²) in [5.74, 6) is 0.696. The number of hydrogen-bond acceptors (Lipinski definition) is 3. The number of rotatable bonds is 7. The number of carbonyl (C=O) groups is 1. The summed E-state index contributed by atoms with van der Waals surface area (Å²) >= 11 is 3.45. The number of nitrogens with one attached hydrogen (secondary N) is 1. The zero-order valence-corrected chi connectivity index (χ0v) is 18.0. The number of aromatic nitrogens is 2. The van der Waals surface area contributed by atoms with Gasteiger partial charge in [0.15, 0.2) is 5.82 Å². The van der Waals surface area contributed by atoms with E-state index in [-0.39, 0.29) is 11.7 Å². The van der Waals surface area contributed by atoms with Crippen LogP contribution in [0.4, 0.5) is 10.2 Å². The average Bonchev–Trinajstić information content (AvgIpc) is 3.22. The van der Waals surface area contributed by atoms with E-state index >= 15 is 0 Å². The summed E-state index contributed by atoms with van der Waals surface area (Å²) in [5.41, 5.74) is 2.40. The SMILES string of the molecule is O=C(Nc1ccn(Cc2ccc(F)cc2)n1)c1ccc(COc2ccccc2Br)cc1. The molecule has 0 bridgehead atoms. The van der Waals surface area contributed by atoms with E-state index in [1.807, 2.05) is 36.4 Å². The fourth-order valence-corrected chi connectivity index (χ4v) is 3.36. The first kappa shape index (κ1) is 20.8. The number of ether oxygens (including phenoxy) is 1. The molecule has 5 nitrogen and oxygen atoms in total. The second-order valence-corrected chi connectivity index (χ2v) is 7.75. The molecule has 0 saturated carbocycles. The lowest BCUT2D eigenvalue weighted by Crippen LogP contribution is -2.13. The van der Waals surface area contributed by atoms with E-state index in [0.717, 1.165) is 21.3 Å². The quantitative estimate of drug-likeness (QED) is 0.371. The third kappa shape index (κ3) is 5.58. The maximum absolute atomic E-state index is 13.0. The fourth-order valence-electron chi connectivity index (χ4n) is 2.96. The highest BCUT2D eigenvalue weighted by Crippen LogP contribution is 2.24. The molecule has 1 aromatic heterocycles. The summed E-state index contributed by atoms with van der Waals surface area (Å²) in [5, 5.41) is 7.14. The van der Waals surface area contributed by atoms with Crippen LogP contribution in [0, 0.1) is 5.82 Å². The lowest BCUT2D eigenvalue weighted by atomic mass is 10.1. The van der Waals surface area contributed by atoms with Crippen LogP contribution in [-0.4, -0.2) is 15.7 Å². The first-order valence-corrected chi connectivity index (χ1v) is 10.4. The highest BCUT2D eigenvalue weighted by Gasteiger charge is 2.09. The van der Waals surface area contributed by atoms with Crippen molar-refractivity contribution in [2.75, 3.05) is 5.32 Å². The summed E-state index contributed by atoms with van der Waals surface area (Å²) in [4.78, 5) is 12.5. The number of anilines is 1. The number of amides is 1. The molecular weight excluding hydrogens is 461 g/mol. The van der Waals surface area contributed by atoms with Gasteiger partial charge in [-0.15, -0.1) is 0 Å². The zero-order chi connectivity index (χ0) is 21.6. The molecule has 156 valence electrons. The van der Waals surface area contributed by atoms with Crippen LogP contribution in [-0.2, 0) is 13.2 Å². The maximum Gasteiger partial charge on any atom is 0.256 e. The first-order chi connectivity index (χ1) is 15.1. The van der Waals surface area contributed by atoms with Gasteiger partial charge in [0.1, 0.15) is 18.2 Å². The largest absolute Gasteiger partial charge is 0.488 e. The number of halogens is 2.